The van der Waals surface area contributed by atoms with Crippen molar-refractivity contribution >= 4 is 11.8 Å². The first-order valence-corrected chi connectivity index (χ1v) is 7.76. The summed E-state index contributed by atoms with van der Waals surface area (Å²) in [5.74, 6) is -0.124. The number of hydrogen-bond donors (Lipinski definition) is 1. The topological polar surface area (TPSA) is 61.9 Å². The molecule has 2 aliphatic heterocycles. The molecule has 0 aromatic rings. The Balaban J connectivity index is 1.73. The minimum absolute atomic E-state index is 0.00311. The van der Waals surface area contributed by atoms with Gasteiger partial charge < -0.3 is 15.0 Å². The lowest BCUT2D eigenvalue weighted by Crippen LogP contribution is -2.44. The summed E-state index contributed by atoms with van der Waals surface area (Å²) < 4.78 is 5.29. The Hall–Kier alpha value is -1.14. The van der Waals surface area contributed by atoms with Crippen molar-refractivity contribution in [2.24, 2.45) is 5.92 Å². The minimum Gasteiger partial charge on any atom is -0.379 e. The highest BCUT2D eigenvalue weighted by Crippen LogP contribution is 2.25. The first kappa shape index (κ1) is 16.2. The second kappa shape index (κ2) is 6.75. The highest BCUT2D eigenvalue weighted by atomic mass is 16.5. The van der Waals surface area contributed by atoms with Crippen LogP contribution >= 0.6 is 0 Å². The molecule has 0 aromatic carbocycles. The number of carbonyl (C=O) groups is 2. The maximum atomic E-state index is 12.2. The molecule has 2 saturated heterocycles. The van der Waals surface area contributed by atoms with E-state index < -0.39 is 0 Å². The molecule has 0 saturated carbocycles. The summed E-state index contributed by atoms with van der Waals surface area (Å²) in [5, 5.41) is 2.96. The van der Waals surface area contributed by atoms with Gasteiger partial charge in [0.25, 0.3) is 0 Å². The molecule has 2 aliphatic rings. The van der Waals surface area contributed by atoms with Crippen molar-refractivity contribution in [1.82, 2.24) is 15.1 Å². The maximum Gasteiger partial charge on any atom is 0.225 e. The first-order chi connectivity index (χ1) is 9.88. The summed E-state index contributed by atoms with van der Waals surface area (Å²) in [4.78, 5) is 28.2. The Bertz CT molecular complexity index is 386. The number of ether oxygens (including phenoxy) is 1. The van der Waals surface area contributed by atoms with E-state index in [-0.39, 0.29) is 23.3 Å². The van der Waals surface area contributed by atoms with E-state index in [0.29, 0.717) is 19.5 Å². The molecular weight excluding hydrogens is 270 g/mol. The van der Waals surface area contributed by atoms with Gasteiger partial charge in [-0.15, -0.1) is 0 Å². The van der Waals surface area contributed by atoms with E-state index in [1.54, 1.807) is 4.90 Å². The number of likely N-dealkylation sites (tertiary alicyclic amines) is 1. The molecule has 2 amide bonds. The van der Waals surface area contributed by atoms with Crippen molar-refractivity contribution in [2.45, 2.75) is 32.7 Å². The van der Waals surface area contributed by atoms with Crippen LogP contribution in [0.3, 0.4) is 0 Å². The van der Waals surface area contributed by atoms with Crippen LogP contribution in [0, 0.1) is 5.92 Å². The van der Waals surface area contributed by atoms with Gasteiger partial charge in [0.05, 0.1) is 19.1 Å². The predicted molar refractivity (Wildman–Crippen MR) is 79.8 cm³/mol. The number of carbonyl (C=O) groups excluding carboxylic acids is 2. The van der Waals surface area contributed by atoms with E-state index >= 15 is 0 Å². The smallest absolute Gasteiger partial charge is 0.225 e. The Morgan fingerprint density at radius 2 is 2.00 bits per heavy atom. The maximum absolute atomic E-state index is 12.2. The average Bonchev–Trinajstić information content (AvgIpc) is 2.82. The Labute approximate surface area is 126 Å². The third kappa shape index (κ3) is 4.41. The molecule has 21 heavy (non-hydrogen) atoms. The number of rotatable bonds is 4. The highest BCUT2D eigenvalue weighted by molar-refractivity contribution is 5.89. The molecular formula is C15H27N3O3. The van der Waals surface area contributed by atoms with Crippen LogP contribution in [0.2, 0.25) is 0 Å². The Morgan fingerprint density at radius 3 is 2.57 bits per heavy atom. The molecule has 2 rings (SSSR count). The minimum atomic E-state index is -0.208. The first-order valence-electron chi connectivity index (χ1n) is 7.76. The van der Waals surface area contributed by atoms with Crippen LogP contribution < -0.4 is 5.32 Å². The molecule has 2 fully saturated rings. The number of morpholine rings is 1. The van der Waals surface area contributed by atoms with Gasteiger partial charge in [0.15, 0.2) is 0 Å². The van der Waals surface area contributed by atoms with Crippen LogP contribution in [-0.2, 0) is 14.3 Å². The van der Waals surface area contributed by atoms with E-state index in [2.05, 4.69) is 10.2 Å². The van der Waals surface area contributed by atoms with E-state index in [0.717, 1.165) is 32.8 Å². The van der Waals surface area contributed by atoms with Crippen LogP contribution in [0.5, 0.6) is 0 Å². The molecule has 6 nitrogen and oxygen atoms in total. The summed E-state index contributed by atoms with van der Waals surface area (Å²) in [6.45, 7) is 11.4. The van der Waals surface area contributed by atoms with Crippen LogP contribution in [0.15, 0.2) is 0 Å². The van der Waals surface area contributed by atoms with Gasteiger partial charge >= 0.3 is 0 Å². The van der Waals surface area contributed by atoms with Crippen molar-refractivity contribution in [2.75, 3.05) is 45.9 Å². The van der Waals surface area contributed by atoms with E-state index in [4.69, 9.17) is 4.74 Å². The van der Waals surface area contributed by atoms with Gasteiger partial charge in [-0.3, -0.25) is 14.5 Å². The third-order valence-corrected chi connectivity index (χ3v) is 4.14. The van der Waals surface area contributed by atoms with Crippen LogP contribution in [0.1, 0.15) is 27.2 Å². The van der Waals surface area contributed by atoms with Gasteiger partial charge in [-0.2, -0.15) is 0 Å². The summed E-state index contributed by atoms with van der Waals surface area (Å²) in [7, 11) is 0. The second-order valence-electron chi connectivity index (χ2n) is 6.82. The Morgan fingerprint density at radius 1 is 1.33 bits per heavy atom. The van der Waals surface area contributed by atoms with E-state index in [1.165, 1.54) is 0 Å². The zero-order chi connectivity index (χ0) is 15.5. The highest BCUT2D eigenvalue weighted by Gasteiger charge is 2.39. The Kier molecular flexibility index (Phi) is 5.22. The van der Waals surface area contributed by atoms with Crippen molar-refractivity contribution in [3.8, 4) is 0 Å². The van der Waals surface area contributed by atoms with Crippen LogP contribution in [-0.4, -0.2) is 73.1 Å². The summed E-state index contributed by atoms with van der Waals surface area (Å²) in [6, 6.07) is 0. The van der Waals surface area contributed by atoms with Gasteiger partial charge in [0.1, 0.15) is 0 Å². The summed E-state index contributed by atoms with van der Waals surface area (Å²) >= 11 is 0. The number of amides is 2. The molecule has 0 aliphatic carbocycles. The molecule has 1 N–H and O–H groups in total. The second-order valence-corrected chi connectivity index (χ2v) is 6.82. The quantitative estimate of drug-likeness (QED) is 0.798. The fourth-order valence-corrected chi connectivity index (χ4v) is 2.84. The molecule has 0 spiro atoms. The summed E-state index contributed by atoms with van der Waals surface area (Å²) in [5.41, 5.74) is -0.208. The normalized spacial score (nSPS) is 24.4. The van der Waals surface area contributed by atoms with E-state index in [1.807, 2.05) is 20.8 Å². The van der Waals surface area contributed by atoms with Crippen molar-refractivity contribution in [3.63, 3.8) is 0 Å². The predicted octanol–water partition coefficient (Wildman–Crippen LogP) is 0.0818. The van der Waals surface area contributed by atoms with Gasteiger partial charge in [-0.25, -0.2) is 0 Å². The molecule has 1 atom stereocenters. The monoisotopic (exact) mass is 297 g/mol. The molecule has 0 bridgehead atoms. The molecule has 0 radical (unpaired) electrons. The molecule has 0 aromatic heterocycles. The summed E-state index contributed by atoms with van der Waals surface area (Å²) in [6.07, 6.45) is 0.334. The number of nitrogens with zero attached hydrogens (tertiary/aromatic N) is 2. The van der Waals surface area contributed by atoms with Crippen molar-refractivity contribution < 1.29 is 14.3 Å². The van der Waals surface area contributed by atoms with Crippen molar-refractivity contribution in [3.05, 3.63) is 0 Å². The van der Waals surface area contributed by atoms with Gasteiger partial charge in [0, 0.05) is 44.7 Å². The third-order valence-electron chi connectivity index (χ3n) is 4.14. The van der Waals surface area contributed by atoms with Crippen molar-refractivity contribution in [1.29, 1.82) is 0 Å². The molecule has 6 heteroatoms. The lowest BCUT2D eigenvalue weighted by molar-refractivity contribution is -0.132. The standard InChI is InChI=1S/C15H27N3O3/c1-15(2,3)18-11-12(10-13(18)19)14(20)16-4-5-17-6-8-21-9-7-17/h12H,4-11H2,1-3H3,(H,16,20). The fourth-order valence-electron chi connectivity index (χ4n) is 2.84. The fraction of sp³-hybridized carbons (Fsp3) is 0.867. The number of nitrogens with one attached hydrogen (secondary N) is 1. The molecule has 1 unspecified atom stereocenters. The molecule has 120 valence electrons. The van der Waals surface area contributed by atoms with Gasteiger partial charge in [0.2, 0.25) is 11.8 Å². The number of hydrogen-bond acceptors (Lipinski definition) is 4. The van der Waals surface area contributed by atoms with Gasteiger partial charge in [-0.1, -0.05) is 0 Å². The SMILES string of the molecule is CC(C)(C)N1CC(C(=O)NCCN2CCOCC2)CC1=O. The van der Waals surface area contributed by atoms with Crippen LogP contribution in [0.25, 0.3) is 0 Å². The molecule has 2 heterocycles. The van der Waals surface area contributed by atoms with E-state index in [9.17, 15) is 9.59 Å². The van der Waals surface area contributed by atoms with Crippen LogP contribution in [0.4, 0.5) is 0 Å². The lowest BCUT2D eigenvalue weighted by atomic mass is 10.1. The zero-order valence-electron chi connectivity index (χ0n) is 13.4. The van der Waals surface area contributed by atoms with Gasteiger partial charge in [-0.05, 0) is 20.8 Å². The average molecular weight is 297 g/mol. The lowest BCUT2D eigenvalue weighted by Gasteiger charge is -2.32. The largest absolute Gasteiger partial charge is 0.379 e. The zero-order valence-corrected chi connectivity index (χ0v) is 13.4.